The highest BCUT2D eigenvalue weighted by molar-refractivity contribution is 9.10. The third-order valence-corrected chi connectivity index (χ3v) is 3.93. The second kappa shape index (κ2) is 4.14. The van der Waals surface area contributed by atoms with E-state index >= 15 is 0 Å². The van der Waals surface area contributed by atoms with Crippen LogP contribution in [0.2, 0.25) is 0 Å². The molecule has 2 aromatic rings. The first-order valence-corrected chi connectivity index (χ1v) is 6.78. The Bertz CT molecular complexity index is 606. The number of halogens is 1. The van der Waals surface area contributed by atoms with Crippen molar-refractivity contribution in [3.8, 4) is 11.3 Å². The number of rotatable bonds is 2. The van der Waals surface area contributed by atoms with Crippen LogP contribution in [0.25, 0.3) is 11.3 Å². The molecular weight excluding hydrogens is 290 g/mol. The van der Waals surface area contributed by atoms with Gasteiger partial charge in [0, 0.05) is 15.7 Å². The van der Waals surface area contributed by atoms with Crippen molar-refractivity contribution in [1.29, 1.82) is 0 Å². The van der Waals surface area contributed by atoms with E-state index in [1.807, 2.05) is 37.3 Å². The molecule has 0 radical (unpaired) electrons. The SMILES string of the molecule is Cc1cc(-c2ccccc2Br)nc(C2(N)CC2)n1. The number of aromatic nitrogens is 2. The lowest BCUT2D eigenvalue weighted by molar-refractivity contribution is 0.669. The number of benzene rings is 1. The van der Waals surface area contributed by atoms with Gasteiger partial charge in [-0.05, 0) is 31.9 Å². The molecule has 0 aliphatic heterocycles. The molecule has 3 nitrogen and oxygen atoms in total. The van der Waals surface area contributed by atoms with Crippen LogP contribution in [0.3, 0.4) is 0 Å². The maximum absolute atomic E-state index is 6.19. The molecule has 1 heterocycles. The van der Waals surface area contributed by atoms with Crippen LogP contribution in [0.1, 0.15) is 24.4 Å². The molecule has 1 saturated carbocycles. The van der Waals surface area contributed by atoms with Gasteiger partial charge in [0.05, 0.1) is 11.2 Å². The van der Waals surface area contributed by atoms with Gasteiger partial charge in [0.1, 0.15) is 5.82 Å². The quantitative estimate of drug-likeness (QED) is 0.927. The van der Waals surface area contributed by atoms with Gasteiger partial charge in [-0.2, -0.15) is 0 Å². The number of hydrogen-bond acceptors (Lipinski definition) is 3. The van der Waals surface area contributed by atoms with Gasteiger partial charge in [-0.15, -0.1) is 0 Å². The highest BCUT2D eigenvalue weighted by Gasteiger charge is 2.43. The molecule has 3 rings (SSSR count). The van der Waals surface area contributed by atoms with Crippen LogP contribution < -0.4 is 5.73 Å². The summed E-state index contributed by atoms with van der Waals surface area (Å²) in [4.78, 5) is 9.10. The molecule has 0 unspecified atom stereocenters. The Morgan fingerprint density at radius 3 is 2.61 bits per heavy atom. The van der Waals surface area contributed by atoms with Crippen LogP contribution in [-0.4, -0.2) is 9.97 Å². The zero-order valence-electron chi connectivity index (χ0n) is 10.2. The summed E-state index contributed by atoms with van der Waals surface area (Å²) in [6.07, 6.45) is 1.96. The molecular formula is C14H14BrN3. The minimum atomic E-state index is -0.290. The summed E-state index contributed by atoms with van der Waals surface area (Å²) in [6, 6.07) is 10.1. The van der Waals surface area contributed by atoms with E-state index in [2.05, 4.69) is 25.9 Å². The van der Waals surface area contributed by atoms with Crippen LogP contribution in [0.5, 0.6) is 0 Å². The zero-order chi connectivity index (χ0) is 12.8. The summed E-state index contributed by atoms with van der Waals surface area (Å²) in [6.45, 7) is 1.98. The van der Waals surface area contributed by atoms with E-state index in [-0.39, 0.29) is 5.54 Å². The van der Waals surface area contributed by atoms with E-state index in [1.165, 1.54) is 0 Å². The summed E-state index contributed by atoms with van der Waals surface area (Å²) in [5.74, 6) is 0.772. The zero-order valence-corrected chi connectivity index (χ0v) is 11.7. The summed E-state index contributed by atoms with van der Waals surface area (Å²) in [5.41, 5.74) is 8.87. The fourth-order valence-electron chi connectivity index (χ4n) is 1.96. The highest BCUT2D eigenvalue weighted by atomic mass is 79.9. The Kier molecular flexibility index (Phi) is 2.72. The standard InChI is InChI=1S/C14H14BrN3/c1-9-8-12(10-4-2-3-5-11(10)15)18-13(17-9)14(16)6-7-14/h2-5,8H,6-7,16H2,1H3. The molecule has 0 atom stereocenters. The minimum Gasteiger partial charge on any atom is -0.319 e. The molecule has 1 aliphatic carbocycles. The Balaban J connectivity index is 2.13. The molecule has 1 aromatic heterocycles. The van der Waals surface area contributed by atoms with E-state index in [1.54, 1.807) is 0 Å². The van der Waals surface area contributed by atoms with Crippen LogP contribution in [0.4, 0.5) is 0 Å². The smallest absolute Gasteiger partial charge is 0.149 e. The summed E-state index contributed by atoms with van der Waals surface area (Å²) in [7, 11) is 0. The Morgan fingerprint density at radius 1 is 1.22 bits per heavy atom. The first kappa shape index (κ1) is 11.8. The van der Waals surface area contributed by atoms with Gasteiger partial charge < -0.3 is 5.73 Å². The van der Waals surface area contributed by atoms with Gasteiger partial charge in [-0.3, -0.25) is 0 Å². The molecule has 0 bridgehead atoms. The number of aryl methyl sites for hydroxylation is 1. The average molecular weight is 304 g/mol. The van der Waals surface area contributed by atoms with E-state index in [9.17, 15) is 0 Å². The van der Waals surface area contributed by atoms with Gasteiger partial charge in [0.15, 0.2) is 0 Å². The largest absolute Gasteiger partial charge is 0.319 e. The van der Waals surface area contributed by atoms with Crippen molar-refractivity contribution in [3.63, 3.8) is 0 Å². The summed E-state index contributed by atoms with van der Waals surface area (Å²) < 4.78 is 1.04. The Hall–Kier alpha value is -1.26. The van der Waals surface area contributed by atoms with E-state index in [0.717, 1.165) is 40.1 Å². The lowest BCUT2D eigenvalue weighted by atomic mass is 10.1. The highest BCUT2D eigenvalue weighted by Crippen LogP contribution is 2.41. The summed E-state index contributed by atoms with van der Waals surface area (Å²) >= 11 is 3.56. The predicted octanol–water partition coefficient (Wildman–Crippen LogP) is 3.16. The Morgan fingerprint density at radius 2 is 1.94 bits per heavy atom. The van der Waals surface area contributed by atoms with Gasteiger partial charge in [0.25, 0.3) is 0 Å². The molecule has 1 aromatic carbocycles. The maximum Gasteiger partial charge on any atom is 0.149 e. The van der Waals surface area contributed by atoms with Crippen molar-refractivity contribution in [2.24, 2.45) is 5.73 Å². The van der Waals surface area contributed by atoms with E-state index < -0.39 is 0 Å². The van der Waals surface area contributed by atoms with Gasteiger partial charge in [-0.25, -0.2) is 9.97 Å². The molecule has 1 aliphatic rings. The van der Waals surface area contributed by atoms with Crippen LogP contribution >= 0.6 is 15.9 Å². The topological polar surface area (TPSA) is 51.8 Å². The lowest BCUT2D eigenvalue weighted by Gasteiger charge is -2.11. The normalized spacial score (nSPS) is 16.6. The third kappa shape index (κ3) is 2.06. The van der Waals surface area contributed by atoms with Crippen molar-refractivity contribution in [2.75, 3.05) is 0 Å². The van der Waals surface area contributed by atoms with Gasteiger partial charge in [-0.1, -0.05) is 34.1 Å². The second-order valence-electron chi connectivity index (χ2n) is 4.85. The Labute approximate surface area is 115 Å². The first-order chi connectivity index (χ1) is 8.58. The molecule has 2 N–H and O–H groups in total. The fraction of sp³-hybridized carbons (Fsp3) is 0.286. The average Bonchev–Trinajstić information content (AvgIpc) is 3.08. The van der Waals surface area contributed by atoms with Crippen molar-refractivity contribution < 1.29 is 0 Å². The lowest BCUT2D eigenvalue weighted by Crippen LogP contribution is -2.22. The van der Waals surface area contributed by atoms with Crippen molar-refractivity contribution in [1.82, 2.24) is 9.97 Å². The molecule has 0 spiro atoms. The molecule has 18 heavy (non-hydrogen) atoms. The maximum atomic E-state index is 6.19. The van der Waals surface area contributed by atoms with Crippen LogP contribution in [0, 0.1) is 6.92 Å². The van der Waals surface area contributed by atoms with Crippen LogP contribution in [0.15, 0.2) is 34.8 Å². The number of nitrogens with zero attached hydrogens (tertiary/aromatic N) is 2. The van der Waals surface area contributed by atoms with Gasteiger partial charge in [0.2, 0.25) is 0 Å². The van der Waals surface area contributed by atoms with Crippen molar-refractivity contribution in [2.45, 2.75) is 25.3 Å². The minimum absolute atomic E-state index is 0.290. The fourth-order valence-corrected chi connectivity index (χ4v) is 2.44. The molecule has 0 saturated heterocycles. The van der Waals surface area contributed by atoms with E-state index in [0.29, 0.717) is 0 Å². The molecule has 92 valence electrons. The van der Waals surface area contributed by atoms with Gasteiger partial charge >= 0.3 is 0 Å². The number of nitrogens with two attached hydrogens (primary N) is 1. The second-order valence-corrected chi connectivity index (χ2v) is 5.71. The van der Waals surface area contributed by atoms with Crippen molar-refractivity contribution >= 4 is 15.9 Å². The summed E-state index contributed by atoms with van der Waals surface area (Å²) in [5, 5.41) is 0. The van der Waals surface area contributed by atoms with Crippen LogP contribution in [-0.2, 0) is 5.54 Å². The molecule has 0 amide bonds. The van der Waals surface area contributed by atoms with Crippen molar-refractivity contribution in [3.05, 3.63) is 46.3 Å². The molecule has 4 heteroatoms. The third-order valence-electron chi connectivity index (χ3n) is 3.24. The molecule has 1 fully saturated rings. The first-order valence-electron chi connectivity index (χ1n) is 5.98. The van der Waals surface area contributed by atoms with E-state index in [4.69, 9.17) is 5.73 Å². The number of hydrogen-bond donors (Lipinski definition) is 1. The predicted molar refractivity (Wildman–Crippen MR) is 75.0 cm³/mol. The monoisotopic (exact) mass is 303 g/mol.